The molecule has 0 saturated carbocycles. The fourth-order valence-electron chi connectivity index (χ4n) is 1.99. The Kier molecular flexibility index (Phi) is 3.77. The van der Waals surface area contributed by atoms with Crippen molar-refractivity contribution >= 4 is 22.5 Å². The molecule has 0 aliphatic rings. The first kappa shape index (κ1) is 13.4. The average Bonchev–Trinajstić information content (AvgIpc) is 2.67. The summed E-state index contributed by atoms with van der Waals surface area (Å²) in [5.74, 6) is -0.520. The van der Waals surface area contributed by atoms with Crippen molar-refractivity contribution in [2.24, 2.45) is 0 Å². The summed E-state index contributed by atoms with van der Waals surface area (Å²) in [7, 11) is 3.33. The van der Waals surface area contributed by atoms with E-state index < -0.39 is 11.9 Å². The first-order valence-electron chi connectivity index (χ1n) is 5.81. The topological polar surface area (TPSA) is 105 Å². The Morgan fingerprint density at radius 2 is 2.32 bits per heavy atom. The molecule has 1 unspecified atom stereocenters. The van der Waals surface area contributed by atoms with Crippen molar-refractivity contribution in [2.45, 2.75) is 6.10 Å². The van der Waals surface area contributed by atoms with E-state index in [4.69, 9.17) is 14.9 Å². The number of benzene rings is 1. The summed E-state index contributed by atoms with van der Waals surface area (Å²) < 4.78 is 9.80. The number of oxazole rings is 1. The van der Waals surface area contributed by atoms with Crippen LogP contribution in [0, 0.1) is 0 Å². The van der Waals surface area contributed by atoms with Gasteiger partial charge in [-0.25, -0.2) is 4.79 Å². The van der Waals surface area contributed by atoms with Crippen LogP contribution in [-0.4, -0.2) is 43.5 Å². The van der Waals surface area contributed by atoms with E-state index >= 15 is 0 Å². The Morgan fingerprint density at radius 3 is 3.00 bits per heavy atom. The van der Waals surface area contributed by atoms with Gasteiger partial charge in [0.1, 0.15) is 0 Å². The number of fused-ring (bicyclic) bond motifs is 1. The van der Waals surface area contributed by atoms with E-state index in [0.717, 1.165) is 0 Å². The number of aromatic amines is 1. The van der Waals surface area contributed by atoms with E-state index in [-0.39, 0.29) is 6.61 Å². The van der Waals surface area contributed by atoms with E-state index in [0.29, 0.717) is 29.0 Å². The van der Waals surface area contributed by atoms with Crippen LogP contribution in [0.5, 0.6) is 0 Å². The van der Waals surface area contributed by atoms with E-state index in [1.165, 1.54) is 7.11 Å². The number of aliphatic hydroxyl groups excluding tert-OH is 1. The van der Waals surface area contributed by atoms with Crippen LogP contribution in [0.4, 0.5) is 11.4 Å². The third-order valence-electron chi connectivity index (χ3n) is 2.82. The van der Waals surface area contributed by atoms with E-state index in [2.05, 4.69) is 4.98 Å². The Bertz CT molecular complexity index is 619. The van der Waals surface area contributed by atoms with Gasteiger partial charge < -0.3 is 24.9 Å². The highest BCUT2D eigenvalue weighted by atomic mass is 16.5. The van der Waals surface area contributed by atoms with Gasteiger partial charge in [-0.15, -0.1) is 0 Å². The lowest BCUT2D eigenvalue weighted by molar-refractivity contribution is 0.0695. The molecule has 4 N–H and O–H groups in total. The number of methoxy groups -OCH3 is 1. The molecule has 0 radical (unpaired) electrons. The number of ether oxygens (including phenoxy) is 1. The lowest BCUT2D eigenvalue weighted by atomic mass is 10.2. The second-order valence-corrected chi connectivity index (χ2v) is 4.41. The molecule has 0 saturated heterocycles. The highest BCUT2D eigenvalue weighted by Gasteiger charge is 2.13. The quantitative estimate of drug-likeness (QED) is 0.666. The van der Waals surface area contributed by atoms with Crippen molar-refractivity contribution in [2.75, 3.05) is 37.9 Å². The Hall–Kier alpha value is -1.99. The number of aromatic nitrogens is 1. The Morgan fingerprint density at radius 1 is 1.58 bits per heavy atom. The number of likely N-dealkylation sites (N-methyl/N-ethyl adjacent to an activating group) is 1. The van der Waals surface area contributed by atoms with Crippen LogP contribution in [0.15, 0.2) is 21.3 Å². The largest absolute Gasteiger partial charge is 0.417 e. The van der Waals surface area contributed by atoms with Gasteiger partial charge in [0.25, 0.3) is 0 Å². The maximum Gasteiger partial charge on any atom is 0.417 e. The maximum atomic E-state index is 11.1. The maximum absolute atomic E-state index is 11.1. The van der Waals surface area contributed by atoms with Gasteiger partial charge in [-0.1, -0.05) is 0 Å². The minimum Gasteiger partial charge on any atom is -0.408 e. The third kappa shape index (κ3) is 2.88. The molecule has 7 nitrogen and oxygen atoms in total. The molecule has 1 heterocycles. The van der Waals surface area contributed by atoms with Crippen molar-refractivity contribution < 1.29 is 14.3 Å². The van der Waals surface area contributed by atoms with Crippen LogP contribution in [0.25, 0.3) is 11.1 Å². The van der Waals surface area contributed by atoms with Crippen molar-refractivity contribution in [3.63, 3.8) is 0 Å². The SMILES string of the molecule is COCC(O)CN(C)c1cc2[nH]c(=O)oc2cc1N. The lowest BCUT2D eigenvalue weighted by Crippen LogP contribution is -2.32. The average molecular weight is 267 g/mol. The number of nitrogens with one attached hydrogen (secondary N) is 1. The molecule has 1 aromatic heterocycles. The van der Waals surface area contributed by atoms with Crippen LogP contribution in [0.1, 0.15) is 0 Å². The van der Waals surface area contributed by atoms with Gasteiger partial charge in [-0.05, 0) is 6.07 Å². The minimum atomic E-state index is -0.617. The van der Waals surface area contributed by atoms with Crippen molar-refractivity contribution in [3.05, 3.63) is 22.7 Å². The number of hydrogen-bond donors (Lipinski definition) is 3. The fraction of sp³-hybridized carbons (Fsp3) is 0.417. The highest BCUT2D eigenvalue weighted by molar-refractivity contribution is 5.85. The number of nitrogens with zero attached hydrogens (tertiary/aromatic N) is 1. The molecule has 0 aliphatic heterocycles. The normalized spacial score (nSPS) is 12.8. The Balaban J connectivity index is 2.28. The number of hydrogen-bond acceptors (Lipinski definition) is 6. The van der Waals surface area contributed by atoms with Crippen molar-refractivity contribution in [1.82, 2.24) is 4.98 Å². The van der Waals surface area contributed by atoms with Crippen LogP contribution in [0.2, 0.25) is 0 Å². The lowest BCUT2D eigenvalue weighted by Gasteiger charge is -2.23. The molecular formula is C12H17N3O4. The number of aliphatic hydroxyl groups is 1. The first-order chi connectivity index (χ1) is 9.01. The fourth-order valence-corrected chi connectivity index (χ4v) is 1.99. The molecule has 0 bridgehead atoms. The van der Waals surface area contributed by atoms with E-state index in [9.17, 15) is 9.90 Å². The van der Waals surface area contributed by atoms with E-state index in [1.54, 1.807) is 24.1 Å². The summed E-state index contributed by atoms with van der Waals surface area (Å²) >= 11 is 0. The van der Waals surface area contributed by atoms with Crippen molar-refractivity contribution in [1.29, 1.82) is 0 Å². The molecule has 0 amide bonds. The molecule has 7 heteroatoms. The van der Waals surface area contributed by atoms with E-state index in [1.807, 2.05) is 0 Å². The summed E-state index contributed by atoms with van der Waals surface area (Å²) in [6.45, 7) is 0.612. The molecule has 0 aliphatic carbocycles. The van der Waals surface area contributed by atoms with Gasteiger partial charge in [0.05, 0.1) is 29.6 Å². The van der Waals surface area contributed by atoms with Crippen LogP contribution >= 0.6 is 0 Å². The molecule has 0 spiro atoms. The Labute approximate surface area is 109 Å². The predicted octanol–water partition coefficient (Wildman–Crippen LogP) is 0.147. The van der Waals surface area contributed by atoms with Gasteiger partial charge in [-0.3, -0.25) is 4.98 Å². The van der Waals surface area contributed by atoms with Gasteiger partial charge in [0.15, 0.2) is 5.58 Å². The molecule has 2 aromatic rings. The summed E-state index contributed by atoms with van der Waals surface area (Å²) in [6.07, 6.45) is -0.617. The molecule has 104 valence electrons. The van der Waals surface area contributed by atoms with Crippen LogP contribution < -0.4 is 16.4 Å². The zero-order valence-corrected chi connectivity index (χ0v) is 10.8. The monoisotopic (exact) mass is 267 g/mol. The molecule has 2 rings (SSSR count). The minimum absolute atomic E-state index is 0.245. The summed E-state index contributed by atoms with van der Waals surface area (Å²) in [5.41, 5.74) is 8.08. The van der Waals surface area contributed by atoms with Gasteiger partial charge in [0.2, 0.25) is 0 Å². The second-order valence-electron chi connectivity index (χ2n) is 4.41. The molecule has 0 fully saturated rings. The van der Waals surface area contributed by atoms with Gasteiger partial charge in [0, 0.05) is 26.8 Å². The number of nitrogen functional groups attached to an aromatic ring is 1. The summed E-state index contributed by atoms with van der Waals surface area (Å²) in [4.78, 5) is 15.5. The summed E-state index contributed by atoms with van der Waals surface area (Å²) in [5, 5.41) is 9.71. The number of H-pyrrole nitrogens is 1. The smallest absolute Gasteiger partial charge is 0.408 e. The third-order valence-corrected chi connectivity index (χ3v) is 2.82. The zero-order chi connectivity index (χ0) is 14.0. The van der Waals surface area contributed by atoms with Crippen LogP contribution in [-0.2, 0) is 4.74 Å². The zero-order valence-electron chi connectivity index (χ0n) is 10.8. The second kappa shape index (κ2) is 5.33. The van der Waals surface area contributed by atoms with Gasteiger partial charge in [-0.2, -0.15) is 0 Å². The standard InChI is InChI=1S/C12H17N3O4/c1-15(5-7(16)6-18-2)10-4-9-11(3-8(10)13)19-12(17)14-9/h3-4,7,16H,5-6,13H2,1-2H3,(H,14,17). The van der Waals surface area contributed by atoms with Gasteiger partial charge >= 0.3 is 5.76 Å². The number of rotatable bonds is 5. The number of nitrogens with two attached hydrogens (primary N) is 1. The predicted molar refractivity (Wildman–Crippen MR) is 72.4 cm³/mol. The number of anilines is 2. The van der Waals surface area contributed by atoms with Crippen molar-refractivity contribution in [3.8, 4) is 0 Å². The molecule has 19 heavy (non-hydrogen) atoms. The molecule has 1 atom stereocenters. The highest BCUT2D eigenvalue weighted by Crippen LogP contribution is 2.27. The molecular weight excluding hydrogens is 250 g/mol. The van der Waals surface area contributed by atoms with Crippen LogP contribution in [0.3, 0.4) is 0 Å². The first-order valence-corrected chi connectivity index (χ1v) is 5.81. The summed E-state index contributed by atoms with van der Waals surface area (Å²) in [6, 6.07) is 3.30. The molecule has 1 aromatic carbocycles.